The lowest BCUT2D eigenvalue weighted by atomic mass is 9.87. The van der Waals surface area contributed by atoms with E-state index in [0.717, 1.165) is 18.7 Å². The van der Waals surface area contributed by atoms with Crippen LogP contribution in [0.3, 0.4) is 0 Å². The van der Waals surface area contributed by atoms with Crippen molar-refractivity contribution in [1.82, 2.24) is 5.32 Å². The largest absolute Gasteiger partial charge is 0.412 e. The summed E-state index contributed by atoms with van der Waals surface area (Å²) >= 11 is 0. The molecule has 4 heteroatoms. The second-order valence-corrected chi connectivity index (χ2v) is 8.13. The van der Waals surface area contributed by atoms with E-state index in [1.165, 1.54) is 16.8 Å². The van der Waals surface area contributed by atoms with Gasteiger partial charge < -0.3 is 15.0 Å². The number of amides is 1. The van der Waals surface area contributed by atoms with Crippen LogP contribution in [0.2, 0.25) is 0 Å². The predicted octanol–water partition coefficient (Wildman–Crippen LogP) is 5.27. The van der Waals surface area contributed by atoms with Crippen LogP contribution >= 0.6 is 0 Å². The van der Waals surface area contributed by atoms with E-state index in [0.29, 0.717) is 12.3 Å². The van der Waals surface area contributed by atoms with Crippen LogP contribution in [-0.4, -0.2) is 12.6 Å². The van der Waals surface area contributed by atoms with Crippen LogP contribution in [-0.2, 0) is 18.5 Å². The van der Waals surface area contributed by atoms with Crippen LogP contribution in [0.5, 0.6) is 5.75 Å². The minimum absolute atomic E-state index is 0.00992. The van der Waals surface area contributed by atoms with Gasteiger partial charge in [-0.3, -0.25) is 0 Å². The van der Waals surface area contributed by atoms with Crippen molar-refractivity contribution in [2.24, 2.45) is 0 Å². The Hall–Kier alpha value is -3.27. The van der Waals surface area contributed by atoms with Crippen LogP contribution in [0.1, 0.15) is 30.5 Å². The number of fused-ring (bicyclic) bond motifs is 1. The van der Waals surface area contributed by atoms with Crippen LogP contribution in [0, 0.1) is 0 Å². The van der Waals surface area contributed by atoms with Gasteiger partial charge in [0, 0.05) is 30.7 Å². The summed E-state index contributed by atoms with van der Waals surface area (Å²) in [4.78, 5) is 14.6. The molecule has 1 aliphatic rings. The minimum Gasteiger partial charge on any atom is -0.410 e. The summed E-state index contributed by atoms with van der Waals surface area (Å²) in [6.45, 7) is 6.71. The molecule has 0 spiro atoms. The van der Waals surface area contributed by atoms with E-state index in [1.54, 1.807) is 0 Å². The number of carbonyl (C=O) groups is 1. The van der Waals surface area contributed by atoms with E-state index in [4.69, 9.17) is 4.74 Å². The van der Waals surface area contributed by atoms with Crippen molar-refractivity contribution in [1.29, 1.82) is 0 Å². The summed E-state index contributed by atoms with van der Waals surface area (Å²) in [7, 11) is 0. The van der Waals surface area contributed by atoms with Crippen LogP contribution < -0.4 is 15.0 Å². The van der Waals surface area contributed by atoms with Crippen molar-refractivity contribution in [2.75, 3.05) is 11.4 Å². The molecule has 0 aliphatic carbocycles. The van der Waals surface area contributed by atoms with E-state index in [1.807, 2.05) is 48.5 Å². The normalized spacial score (nSPS) is 14.3. The molecule has 0 radical (unpaired) electrons. The molecule has 0 fully saturated rings. The van der Waals surface area contributed by atoms with Gasteiger partial charge in [0.25, 0.3) is 0 Å². The zero-order valence-corrected chi connectivity index (χ0v) is 16.9. The maximum atomic E-state index is 12.2. The number of hydrogen-bond donors (Lipinski definition) is 1. The van der Waals surface area contributed by atoms with Gasteiger partial charge in [0.05, 0.1) is 0 Å². The van der Waals surface area contributed by atoms with Crippen LogP contribution in [0.15, 0.2) is 78.9 Å². The highest BCUT2D eigenvalue weighted by Crippen LogP contribution is 2.42. The number of anilines is 1. The van der Waals surface area contributed by atoms with E-state index in [2.05, 4.69) is 54.4 Å². The van der Waals surface area contributed by atoms with E-state index in [-0.39, 0.29) is 5.41 Å². The van der Waals surface area contributed by atoms with Gasteiger partial charge in [-0.25, -0.2) is 4.79 Å². The Kier molecular flexibility index (Phi) is 5.26. The van der Waals surface area contributed by atoms with Gasteiger partial charge in [-0.05, 0) is 34.9 Å². The topological polar surface area (TPSA) is 41.6 Å². The third kappa shape index (κ3) is 4.43. The van der Waals surface area contributed by atoms with E-state index in [9.17, 15) is 4.79 Å². The van der Waals surface area contributed by atoms with Crippen molar-refractivity contribution in [3.63, 3.8) is 0 Å². The fourth-order valence-corrected chi connectivity index (χ4v) is 3.90. The van der Waals surface area contributed by atoms with E-state index >= 15 is 0 Å². The van der Waals surface area contributed by atoms with Crippen molar-refractivity contribution in [3.05, 3.63) is 95.6 Å². The lowest BCUT2D eigenvalue weighted by Crippen LogP contribution is -2.28. The Bertz CT molecular complexity index is 984. The van der Waals surface area contributed by atoms with Crippen LogP contribution in [0.4, 0.5) is 10.5 Å². The lowest BCUT2D eigenvalue weighted by molar-refractivity contribution is 0.200. The second kappa shape index (κ2) is 8.00. The van der Waals surface area contributed by atoms with Gasteiger partial charge in [0.2, 0.25) is 0 Å². The van der Waals surface area contributed by atoms with E-state index < -0.39 is 6.09 Å². The minimum atomic E-state index is -0.439. The third-order valence-electron chi connectivity index (χ3n) is 5.33. The summed E-state index contributed by atoms with van der Waals surface area (Å²) in [5.74, 6) is 0.573. The average molecular weight is 386 g/mol. The molecule has 0 aromatic heterocycles. The number of rotatable bonds is 5. The molecule has 4 rings (SSSR count). The zero-order valence-electron chi connectivity index (χ0n) is 16.9. The number of ether oxygens (including phenoxy) is 1. The lowest BCUT2D eigenvalue weighted by Gasteiger charge is -2.22. The fraction of sp³-hybridized carbons (Fsp3) is 0.240. The molecule has 4 nitrogen and oxygen atoms in total. The third-order valence-corrected chi connectivity index (χ3v) is 5.33. The monoisotopic (exact) mass is 386 g/mol. The van der Waals surface area contributed by atoms with Gasteiger partial charge in [0.15, 0.2) is 0 Å². The number of hydrogen-bond acceptors (Lipinski definition) is 3. The van der Waals surface area contributed by atoms with Crippen molar-refractivity contribution in [2.45, 2.75) is 32.4 Å². The first-order valence-corrected chi connectivity index (χ1v) is 9.94. The highest BCUT2D eigenvalue weighted by atomic mass is 16.6. The maximum Gasteiger partial charge on any atom is 0.412 e. The molecule has 0 saturated heterocycles. The number of benzene rings is 3. The number of carbonyl (C=O) groups excluding carboxylic acids is 1. The molecule has 3 aromatic carbocycles. The molecule has 0 unspecified atom stereocenters. The molecule has 148 valence electrons. The fourth-order valence-electron chi connectivity index (χ4n) is 3.90. The zero-order chi connectivity index (χ0) is 20.3. The molecule has 1 N–H and O–H groups in total. The van der Waals surface area contributed by atoms with Crippen molar-refractivity contribution >= 4 is 11.8 Å². The molecule has 1 amide bonds. The molecular weight excluding hydrogens is 360 g/mol. The Morgan fingerprint density at radius 3 is 2.31 bits per heavy atom. The summed E-state index contributed by atoms with van der Waals surface area (Å²) in [6, 6.07) is 26.2. The van der Waals surface area contributed by atoms with Gasteiger partial charge in [0.1, 0.15) is 5.75 Å². The van der Waals surface area contributed by atoms with Gasteiger partial charge in [-0.1, -0.05) is 74.5 Å². The highest BCUT2D eigenvalue weighted by Gasteiger charge is 2.35. The molecule has 1 aliphatic heterocycles. The SMILES string of the molecule is CC1(C)CN(Cc2ccccc2)c2ccc(OC(=O)NCc3ccccc3)cc21. The Morgan fingerprint density at radius 1 is 0.966 bits per heavy atom. The maximum absolute atomic E-state index is 12.2. The first kappa shape index (κ1) is 19.1. The summed E-state index contributed by atoms with van der Waals surface area (Å²) < 4.78 is 5.54. The van der Waals surface area contributed by atoms with Crippen molar-refractivity contribution < 1.29 is 9.53 Å². The first-order chi connectivity index (χ1) is 14.0. The summed E-state index contributed by atoms with van der Waals surface area (Å²) in [5.41, 5.74) is 4.73. The predicted molar refractivity (Wildman–Crippen MR) is 116 cm³/mol. The summed E-state index contributed by atoms with van der Waals surface area (Å²) in [5, 5.41) is 2.81. The van der Waals surface area contributed by atoms with Crippen molar-refractivity contribution in [3.8, 4) is 5.75 Å². The molecule has 1 heterocycles. The smallest absolute Gasteiger partial charge is 0.410 e. The number of nitrogens with one attached hydrogen (secondary N) is 1. The Morgan fingerprint density at radius 2 is 1.62 bits per heavy atom. The van der Waals surface area contributed by atoms with Gasteiger partial charge in [-0.15, -0.1) is 0 Å². The highest BCUT2D eigenvalue weighted by molar-refractivity contribution is 5.72. The summed E-state index contributed by atoms with van der Waals surface area (Å²) in [6.07, 6.45) is -0.439. The van der Waals surface area contributed by atoms with Gasteiger partial charge >= 0.3 is 6.09 Å². The van der Waals surface area contributed by atoms with Gasteiger partial charge in [-0.2, -0.15) is 0 Å². The molecule has 0 bridgehead atoms. The molecular formula is C25H26N2O2. The molecule has 0 saturated carbocycles. The number of nitrogens with zero attached hydrogens (tertiary/aromatic N) is 1. The molecule has 29 heavy (non-hydrogen) atoms. The second-order valence-electron chi connectivity index (χ2n) is 8.13. The average Bonchev–Trinajstić information content (AvgIpc) is 2.97. The Labute approximate surface area is 172 Å². The quantitative estimate of drug-likeness (QED) is 0.649. The molecule has 0 atom stereocenters. The standard InChI is InChI=1S/C25H26N2O2/c1-25(2)18-27(17-20-11-7-4-8-12-20)23-14-13-21(15-22(23)25)29-24(28)26-16-19-9-5-3-6-10-19/h3-15H,16-18H2,1-2H3,(H,26,28). The first-order valence-electron chi connectivity index (χ1n) is 9.94. The Balaban J connectivity index is 1.45. The van der Waals surface area contributed by atoms with Crippen LogP contribution in [0.25, 0.3) is 0 Å². The molecule has 3 aromatic rings.